The Morgan fingerprint density at radius 1 is 0.848 bits per heavy atom. The largest absolute Gasteiger partial charge is 0.411 e. The zero-order valence-electron chi connectivity index (χ0n) is 17.7. The van der Waals surface area contributed by atoms with Crippen molar-refractivity contribution in [2.75, 3.05) is 17.6 Å². The second-order valence-corrected chi connectivity index (χ2v) is 8.04. The van der Waals surface area contributed by atoms with Gasteiger partial charge in [0.2, 0.25) is 11.8 Å². The lowest BCUT2D eigenvalue weighted by Gasteiger charge is -2.11. The van der Waals surface area contributed by atoms with Crippen molar-refractivity contribution in [3.63, 3.8) is 0 Å². The molecular weight excluding hydrogens is 436 g/mol. The first-order chi connectivity index (χ1) is 16.2. The average molecular weight is 459 g/mol. The number of thioether (sulfide) groups is 1. The Labute approximate surface area is 195 Å². The standard InChI is InChI=1S/C25H22N4O3S/c30-22(17-33-25-29-28-24(32-25)19-11-5-2-6-12-19)27-21-14-8-7-13-20(21)23(31)26-16-15-18-9-3-1-4-10-18/h1-14H,15-17H2,(H,26,31)(H,27,30). The first-order valence-corrected chi connectivity index (χ1v) is 11.4. The van der Waals surface area contributed by atoms with Gasteiger partial charge in [0.05, 0.1) is 17.0 Å². The number of amides is 2. The van der Waals surface area contributed by atoms with E-state index in [1.54, 1.807) is 24.3 Å². The van der Waals surface area contributed by atoms with E-state index in [9.17, 15) is 9.59 Å². The van der Waals surface area contributed by atoms with E-state index in [1.807, 2.05) is 60.7 Å². The Kier molecular flexibility index (Phi) is 7.50. The first-order valence-electron chi connectivity index (χ1n) is 10.4. The minimum absolute atomic E-state index is 0.0698. The van der Waals surface area contributed by atoms with Crippen LogP contribution in [0.25, 0.3) is 11.5 Å². The molecule has 7 nitrogen and oxygen atoms in total. The molecule has 166 valence electrons. The topological polar surface area (TPSA) is 97.1 Å². The molecule has 0 saturated heterocycles. The Morgan fingerprint density at radius 2 is 1.55 bits per heavy atom. The molecule has 2 amide bonds. The van der Waals surface area contributed by atoms with Crippen LogP contribution in [0.3, 0.4) is 0 Å². The van der Waals surface area contributed by atoms with Crippen LogP contribution in [-0.4, -0.2) is 34.3 Å². The molecule has 3 aromatic carbocycles. The van der Waals surface area contributed by atoms with E-state index >= 15 is 0 Å². The zero-order chi connectivity index (χ0) is 22.9. The summed E-state index contributed by atoms with van der Waals surface area (Å²) in [6.45, 7) is 0.502. The van der Waals surface area contributed by atoms with Crippen molar-refractivity contribution < 1.29 is 14.0 Å². The summed E-state index contributed by atoms with van der Waals surface area (Å²) in [6.07, 6.45) is 0.729. The number of benzene rings is 3. The number of nitrogens with zero attached hydrogens (tertiary/aromatic N) is 2. The highest BCUT2D eigenvalue weighted by molar-refractivity contribution is 7.99. The summed E-state index contributed by atoms with van der Waals surface area (Å²) in [5.74, 6) is -0.0423. The van der Waals surface area contributed by atoms with Gasteiger partial charge in [0, 0.05) is 12.1 Å². The van der Waals surface area contributed by atoms with E-state index in [0.29, 0.717) is 28.9 Å². The molecule has 0 fully saturated rings. The summed E-state index contributed by atoms with van der Waals surface area (Å²) in [6, 6.07) is 26.3. The van der Waals surface area contributed by atoms with Crippen LogP contribution in [0.5, 0.6) is 0 Å². The van der Waals surface area contributed by atoms with Crippen molar-refractivity contribution in [2.24, 2.45) is 0 Å². The number of carbonyl (C=O) groups is 2. The van der Waals surface area contributed by atoms with Gasteiger partial charge in [0.25, 0.3) is 11.1 Å². The predicted molar refractivity (Wildman–Crippen MR) is 128 cm³/mol. The van der Waals surface area contributed by atoms with Crippen molar-refractivity contribution in [1.82, 2.24) is 15.5 Å². The van der Waals surface area contributed by atoms with Crippen LogP contribution in [0.1, 0.15) is 15.9 Å². The van der Waals surface area contributed by atoms with Crippen molar-refractivity contribution in [2.45, 2.75) is 11.6 Å². The minimum Gasteiger partial charge on any atom is -0.411 e. The van der Waals surface area contributed by atoms with E-state index in [4.69, 9.17) is 4.42 Å². The van der Waals surface area contributed by atoms with Crippen molar-refractivity contribution in [3.8, 4) is 11.5 Å². The maximum atomic E-state index is 12.7. The molecular formula is C25H22N4O3S. The number of nitrogens with one attached hydrogen (secondary N) is 2. The van der Waals surface area contributed by atoms with Gasteiger partial charge < -0.3 is 15.1 Å². The zero-order valence-corrected chi connectivity index (χ0v) is 18.5. The van der Waals surface area contributed by atoms with Gasteiger partial charge in [-0.25, -0.2) is 0 Å². The predicted octanol–water partition coefficient (Wildman–Crippen LogP) is 4.44. The van der Waals surface area contributed by atoms with E-state index in [-0.39, 0.29) is 17.6 Å². The third-order valence-electron chi connectivity index (χ3n) is 4.74. The molecule has 33 heavy (non-hydrogen) atoms. The quantitative estimate of drug-likeness (QED) is 0.360. The molecule has 0 aliphatic heterocycles. The third kappa shape index (κ3) is 6.30. The molecule has 0 radical (unpaired) electrons. The van der Waals surface area contributed by atoms with Crippen molar-refractivity contribution >= 4 is 29.3 Å². The van der Waals surface area contributed by atoms with Gasteiger partial charge in [-0.1, -0.05) is 72.4 Å². The van der Waals surface area contributed by atoms with Crippen molar-refractivity contribution in [3.05, 3.63) is 96.1 Å². The molecule has 0 aliphatic carbocycles. The number of anilines is 1. The summed E-state index contributed by atoms with van der Waals surface area (Å²) >= 11 is 1.14. The number of aromatic nitrogens is 2. The summed E-state index contributed by atoms with van der Waals surface area (Å²) < 4.78 is 5.61. The fourth-order valence-corrected chi connectivity index (χ4v) is 3.69. The first kappa shape index (κ1) is 22.3. The van der Waals surface area contributed by atoms with Gasteiger partial charge in [0.1, 0.15) is 0 Å². The van der Waals surface area contributed by atoms with Crippen LogP contribution in [0.2, 0.25) is 0 Å². The van der Waals surface area contributed by atoms with Gasteiger partial charge in [-0.15, -0.1) is 10.2 Å². The SMILES string of the molecule is O=C(CSc1nnc(-c2ccccc2)o1)Nc1ccccc1C(=O)NCCc1ccccc1. The van der Waals surface area contributed by atoms with E-state index in [0.717, 1.165) is 29.3 Å². The third-order valence-corrected chi connectivity index (χ3v) is 5.56. The average Bonchev–Trinajstić information content (AvgIpc) is 3.33. The summed E-state index contributed by atoms with van der Waals surface area (Å²) in [4.78, 5) is 25.1. The van der Waals surface area contributed by atoms with Crippen LogP contribution in [0.15, 0.2) is 94.6 Å². The molecule has 1 aromatic heterocycles. The minimum atomic E-state index is -0.274. The Balaban J connectivity index is 1.30. The fourth-order valence-electron chi connectivity index (χ4n) is 3.13. The molecule has 0 aliphatic rings. The van der Waals surface area contributed by atoms with Crippen LogP contribution < -0.4 is 10.6 Å². The highest BCUT2D eigenvalue weighted by Gasteiger charge is 2.15. The summed E-state index contributed by atoms with van der Waals surface area (Å²) in [5, 5.41) is 14.0. The maximum absolute atomic E-state index is 12.7. The Hall–Kier alpha value is -3.91. The van der Waals surface area contributed by atoms with Gasteiger partial charge >= 0.3 is 0 Å². The number of hydrogen-bond donors (Lipinski definition) is 2. The molecule has 0 bridgehead atoms. The highest BCUT2D eigenvalue weighted by Crippen LogP contribution is 2.23. The Morgan fingerprint density at radius 3 is 2.33 bits per heavy atom. The molecule has 4 aromatic rings. The van der Waals surface area contributed by atoms with Gasteiger partial charge in [-0.05, 0) is 36.2 Å². The Bertz CT molecular complexity index is 1210. The molecule has 1 heterocycles. The number of hydrogen-bond acceptors (Lipinski definition) is 6. The van der Waals surface area contributed by atoms with Crippen LogP contribution >= 0.6 is 11.8 Å². The van der Waals surface area contributed by atoms with E-state index in [2.05, 4.69) is 20.8 Å². The van der Waals surface area contributed by atoms with E-state index < -0.39 is 0 Å². The highest BCUT2D eigenvalue weighted by atomic mass is 32.2. The smallest absolute Gasteiger partial charge is 0.277 e. The molecule has 4 rings (SSSR count). The monoisotopic (exact) mass is 458 g/mol. The summed E-state index contributed by atoms with van der Waals surface area (Å²) in [5.41, 5.74) is 2.82. The second kappa shape index (κ2) is 11.1. The normalized spacial score (nSPS) is 10.5. The molecule has 2 N–H and O–H groups in total. The lowest BCUT2D eigenvalue weighted by molar-refractivity contribution is -0.113. The molecule has 8 heteroatoms. The number of para-hydroxylation sites is 1. The second-order valence-electron chi connectivity index (χ2n) is 7.11. The maximum Gasteiger partial charge on any atom is 0.277 e. The van der Waals surface area contributed by atoms with Crippen LogP contribution in [-0.2, 0) is 11.2 Å². The molecule has 0 atom stereocenters. The van der Waals surface area contributed by atoms with Crippen LogP contribution in [0, 0.1) is 0 Å². The molecule has 0 unspecified atom stereocenters. The summed E-state index contributed by atoms with van der Waals surface area (Å²) in [7, 11) is 0. The fraction of sp³-hybridized carbons (Fsp3) is 0.120. The van der Waals surface area contributed by atoms with E-state index in [1.165, 1.54) is 0 Å². The lowest BCUT2D eigenvalue weighted by atomic mass is 10.1. The molecule has 0 saturated carbocycles. The van der Waals surface area contributed by atoms with Gasteiger partial charge in [-0.2, -0.15) is 0 Å². The van der Waals surface area contributed by atoms with Gasteiger partial charge in [0.15, 0.2) is 0 Å². The number of rotatable bonds is 9. The van der Waals surface area contributed by atoms with Gasteiger partial charge in [-0.3, -0.25) is 9.59 Å². The lowest BCUT2D eigenvalue weighted by Crippen LogP contribution is -2.27. The van der Waals surface area contributed by atoms with Crippen molar-refractivity contribution in [1.29, 1.82) is 0 Å². The number of carbonyl (C=O) groups excluding carboxylic acids is 2. The molecule has 0 spiro atoms. The van der Waals surface area contributed by atoms with Crippen LogP contribution in [0.4, 0.5) is 5.69 Å².